The monoisotopic (exact) mass is 196 g/mol. The van der Waals surface area contributed by atoms with Crippen LogP contribution >= 0.6 is 0 Å². The summed E-state index contributed by atoms with van der Waals surface area (Å²) in [6.45, 7) is 0.460. The minimum Gasteiger partial charge on any atom is -0.469 e. The summed E-state index contributed by atoms with van der Waals surface area (Å²) >= 11 is 0. The van der Waals surface area contributed by atoms with E-state index in [9.17, 15) is 9.90 Å². The van der Waals surface area contributed by atoms with Crippen LogP contribution in [0.1, 0.15) is 0 Å². The number of aliphatic hydroxyl groups is 1. The van der Waals surface area contributed by atoms with Gasteiger partial charge in [-0.25, -0.2) is 0 Å². The zero-order valence-corrected chi connectivity index (χ0v) is 7.84. The van der Waals surface area contributed by atoms with Gasteiger partial charge < -0.3 is 14.6 Å². The third-order valence-electron chi connectivity index (χ3n) is 3.97. The van der Waals surface area contributed by atoms with Gasteiger partial charge in [0.05, 0.1) is 25.0 Å². The van der Waals surface area contributed by atoms with E-state index in [0.29, 0.717) is 6.61 Å². The van der Waals surface area contributed by atoms with Gasteiger partial charge in [-0.05, 0) is 0 Å². The molecule has 14 heavy (non-hydrogen) atoms. The number of esters is 1. The van der Waals surface area contributed by atoms with E-state index in [1.54, 1.807) is 0 Å². The molecule has 0 aromatic heterocycles. The lowest BCUT2D eigenvalue weighted by Crippen LogP contribution is -2.64. The van der Waals surface area contributed by atoms with Crippen LogP contribution in [0.15, 0.2) is 12.2 Å². The average molecular weight is 196 g/mol. The van der Waals surface area contributed by atoms with Crippen molar-refractivity contribution in [1.82, 2.24) is 0 Å². The van der Waals surface area contributed by atoms with Gasteiger partial charge in [-0.1, -0.05) is 12.2 Å². The van der Waals surface area contributed by atoms with Crippen LogP contribution in [0.3, 0.4) is 0 Å². The van der Waals surface area contributed by atoms with Crippen molar-refractivity contribution in [3.63, 3.8) is 0 Å². The molecule has 2 fully saturated rings. The van der Waals surface area contributed by atoms with Crippen LogP contribution in [0, 0.1) is 23.2 Å². The van der Waals surface area contributed by atoms with Gasteiger partial charge in [0.1, 0.15) is 0 Å². The largest absolute Gasteiger partial charge is 0.469 e. The molecule has 0 aromatic rings. The van der Waals surface area contributed by atoms with E-state index in [2.05, 4.69) is 0 Å². The van der Waals surface area contributed by atoms with Crippen LogP contribution in [-0.2, 0) is 14.3 Å². The number of aliphatic hydroxyl groups excluding tert-OH is 1. The lowest BCUT2D eigenvalue weighted by Gasteiger charge is -2.59. The van der Waals surface area contributed by atoms with E-state index in [1.165, 1.54) is 7.11 Å². The first-order chi connectivity index (χ1) is 6.71. The van der Waals surface area contributed by atoms with E-state index in [-0.39, 0.29) is 29.1 Å². The lowest BCUT2D eigenvalue weighted by molar-refractivity contribution is -0.187. The first-order valence-corrected chi connectivity index (χ1v) is 4.78. The number of methoxy groups -OCH3 is 1. The minimum absolute atomic E-state index is 0.109. The fourth-order valence-corrected chi connectivity index (χ4v) is 3.14. The van der Waals surface area contributed by atoms with Crippen LogP contribution < -0.4 is 0 Å². The zero-order valence-electron chi connectivity index (χ0n) is 7.84. The number of rotatable bonds is 1. The Hall–Kier alpha value is -0.870. The Bertz CT molecular complexity index is 324. The van der Waals surface area contributed by atoms with Crippen molar-refractivity contribution in [3.8, 4) is 0 Å². The summed E-state index contributed by atoms with van der Waals surface area (Å²) < 4.78 is 9.92. The summed E-state index contributed by atoms with van der Waals surface area (Å²) in [6, 6.07) is 0. The Morgan fingerprint density at radius 1 is 1.71 bits per heavy atom. The third-order valence-corrected chi connectivity index (χ3v) is 3.97. The first kappa shape index (κ1) is 8.44. The van der Waals surface area contributed by atoms with Crippen LogP contribution in [0.4, 0.5) is 0 Å². The molecule has 1 saturated heterocycles. The number of hydrogen-bond acceptors (Lipinski definition) is 4. The molecule has 3 aliphatic rings. The maximum atomic E-state index is 11.4. The minimum atomic E-state index is -0.733. The summed E-state index contributed by atoms with van der Waals surface area (Å²) in [5.74, 6) is -0.0581. The summed E-state index contributed by atoms with van der Waals surface area (Å²) in [7, 11) is 1.40. The molecule has 0 radical (unpaired) electrons. The zero-order chi connectivity index (χ0) is 9.92. The average Bonchev–Trinajstić information content (AvgIpc) is 2.48. The highest BCUT2D eigenvalue weighted by Gasteiger charge is 2.72. The fourth-order valence-electron chi connectivity index (χ4n) is 3.14. The second-order valence-electron chi connectivity index (χ2n) is 4.23. The van der Waals surface area contributed by atoms with E-state index in [0.717, 1.165) is 0 Å². The standard InChI is InChI=1S/C10H12O4/c1-13-8(11)7-5-2-3-10(5)6(7)4-14-9(10)12/h2-3,5-7,9,12H,4H2,1H3/t5-,6-,7+,9+,10?/m0/s1. The highest BCUT2D eigenvalue weighted by molar-refractivity contribution is 5.76. The molecule has 5 atom stereocenters. The highest BCUT2D eigenvalue weighted by Crippen LogP contribution is 2.68. The van der Waals surface area contributed by atoms with Crippen molar-refractivity contribution >= 4 is 5.97 Å². The van der Waals surface area contributed by atoms with E-state index >= 15 is 0 Å². The van der Waals surface area contributed by atoms with Crippen LogP contribution in [-0.4, -0.2) is 31.1 Å². The highest BCUT2D eigenvalue weighted by atomic mass is 16.6. The molecule has 76 valence electrons. The Balaban J connectivity index is 1.90. The van der Waals surface area contributed by atoms with Gasteiger partial charge in [0, 0.05) is 11.8 Å². The molecule has 0 amide bonds. The number of ether oxygens (including phenoxy) is 2. The molecule has 1 aliphatic heterocycles. The van der Waals surface area contributed by atoms with Gasteiger partial charge in [-0.15, -0.1) is 0 Å². The van der Waals surface area contributed by atoms with Crippen LogP contribution in [0.25, 0.3) is 0 Å². The Labute approximate surface area is 81.5 Å². The second kappa shape index (κ2) is 2.38. The first-order valence-electron chi connectivity index (χ1n) is 4.78. The van der Waals surface area contributed by atoms with Crippen molar-refractivity contribution in [2.45, 2.75) is 6.29 Å². The second-order valence-corrected chi connectivity index (χ2v) is 4.23. The molecule has 3 rings (SSSR count). The maximum absolute atomic E-state index is 11.4. The summed E-state index contributed by atoms with van der Waals surface area (Å²) in [5, 5.41) is 9.65. The lowest BCUT2D eigenvalue weighted by atomic mass is 9.42. The van der Waals surface area contributed by atoms with Gasteiger partial charge >= 0.3 is 5.97 Å². The molecule has 1 saturated carbocycles. The van der Waals surface area contributed by atoms with Gasteiger partial charge in [0.25, 0.3) is 0 Å². The number of carbonyl (C=O) groups excluding carboxylic acids is 1. The number of hydrogen-bond donors (Lipinski definition) is 1. The van der Waals surface area contributed by atoms with Gasteiger partial charge in [-0.2, -0.15) is 0 Å². The molecule has 1 spiro atoms. The van der Waals surface area contributed by atoms with Crippen molar-refractivity contribution in [2.24, 2.45) is 23.2 Å². The molecule has 4 heteroatoms. The third kappa shape index (κ3) is 0.643. The van der Waals surface area contributed by atoms with Crippen molar-refractivity contribution in [2.75, 3.05) is 13.7 Å². The topological polar surface area (TPSA) is 55.8 Å². The molecular formula is C10H12O4. The predicted molar refractivity (Wildman–Crippen MR) is 46.0 cm³/mol. The summed E-state index contributed by atoms with van der Waals surface area (Å²) in [5.41, 5.74) is -0.265. The van der Waals surface area contributed by atoms with Gasteiger partial charge in [-0.3, -0.25) is 4.79 Å². The number of allylic oxidation sites excluding steroid dienone is 1. The Morgan fingerprint density at radius 3 is 3.07 bits per heavy atom. The Kier molecular flexibility index (Phi) is 1.43. The van der Waals surface area contributed by atoms with Crippen molar-refractivity contribution < 1.29 is 19.4 Å². The molecule has 2 aliphatic carbocycles. The quantitative estimate of drug-likeness (QED) is 0.471. The van der Waals surface area contributed by atoms with Gasteiger partial charge in [0.2, 0.25) is 0 Å². The molecule has 0 bridgehead atoms. The summed E-state index contributed by atoms with van der Waals surface area (Å²) in [6.07, 6.45) is 3.21. The maximum Gasteiger partial charge on any atom is 0.309 e. The van der Waals surface area contributed by atoms with Crippen LogP contribution in [0.2, 0.25) is 0 Å². The van der Waals surface area contributed by atoms with Crippen LogP contribution in [0.5, 0.6) is 0 Å². The molecule has 4 nitrogen and oxygen atoms in total. The van der Waals surface area contributed by atoms with Crippen molar-refractivity contribution in [3.05, 3.63) is 12.2 Å². The van der Waals surface area contributed by atoms with Crippen molar-refractivity contribution in [1.29, 1.82) is 0 Å². The summed E-state index contributed by atoms with van der Waals surface area (Å²) in [4.78, 5) is 11.4. The molecule has 1 N–H and O–H groups in total. The van der Waals surface area contributed by atoms with E-state index in [1.807, 2.05) is 12.2 Å². The fraction of sp³-hybridized carbons (Fsp3) is 0.700. The number of carbonyl (C=O) groups is 1. The smallest absolute Gasteiger partial charge is 0.309 e. The van der Waals surface area contributed by atoms with Gasteiger partial charge in [0.15, 0.2) is 6.29 Å². The SMILES string of the molecule is COC(=O)[C@@H]1[C@@H]2C=CC23[C@H](O)OC[C@@H]13. The normalized spacial score (nSPS) is 52.7. The molecule has 1 heterocycles. The van der Waals surface area contributed by atoms with E-state index in [4.69, 9.17) is 9.47 Å². The predicted octanol–water partition coefficient (Wildman–Crippen LogP) is -0.0736. The Morgan fingerprint density at radius 2 is 2.50 bits per heavy atom. The molecular weight excluding hydrogens is 184 g/mol. The molecule has 1 unspecified atom stereocenters. The molecule has 0 aromatic carbocycles. The van der Waals surface area contributed by atoms with E-state index < -0.39 is 6.29 Å².